The van der Waals surface area contributed by atoms with Crippen LogP contribution in [-0.4, -0.2) is 41.7 Å². The minimum absolute atomic E-state index is 0.0813. The second-order valence-corrected chi connectivity index (χ2v) is 6.02. The van der Waals surface area contributed by atoms with Gasteiger partial charge in [-0.25, -0.2) is 0 Å². The molecule has 0 spiro atoms. The number of likely N-dealkylation sites (tertiary alicyclic amines) is 1. The lowest BCUT2D eigenvalue weighted by Crippen LogP contribution is -2.48. The van der Waals surface area contributed by atoms with Crippen LogP contribution < -0.4 is 0 Å². The number of alkyl halides is 2. The summed E-state index contributed by atoms with van der Waals surface area (Å²) < 4.78 is 32.5. The quantitative estimate of drug-likeness (QED) is 0.860. The summed E-state index contributed by atoms with van der Waals surface area (Å²) in [7, 11) is 1.71. The molecule has 1 amide bonds. The van der Waals surface area contributed by atoms with Crippen LogP contribution in [0.4, 0.5) is 8.78 Å². The lowest BCUT2D eigenvalue weighted by molar-refractivity contribution is -0.0125. The van der Waals surface area contributed by atoms with Gasteiger partial charge >= 0.3 is 6.55 Å². The van der Waals surface area contributed by atoms with Gasteiger partial charge in [0.15, 0.2) is 0 Å². The number of amides is 1. The number of hydrogen-bond donors (Lipinski definition) is 0. The van der Waals surface area contributed by atoms with Crippen molar-refractivity contribution in [3.05, 3.63) is 23.5 Å². The lowest BCUT2D eigenvalue weighted by Gasteiger charge is -2.37. The average Bonchev–Trinajstić information content (AvgIpc) is 2.95. The first-order valence-electron chi connectivity index (χ1n) is 7.31. The highest BCUT2D eigenvalue weighted by atomic mass is 19.3. The molecule has 4 nitrogen and oxygen atoms in total. The Morgan fingerprint density at radius 1 is 1.29 bits per heavy atom. The molecule has 1 aliphatic heterocycles. The van der Waals surface area contributed by atoms with E-state index < -0.39 is 6.55 Å². The van der Waals surface area contributed by atoms with Gasteiger partial charge in [-0.15, -0.1) is 0 Å². The number of aromatic nitrogens is 1. The predicted molar refractivity (Wildman–Crippen MR) is 73.3 cm³/mol. The summed E-state index contributed by atoms with van der Waals surface area (Å²) in [5.74, 6) is 0.359. The molecular formula is C15H20F2N2O2. The Morgan fingerprint density at radius 2 is 1.90 bits per heavy atom. The summed E-state index contributed by atoms with van der Waals surface area (Å²) >= 11 is 0. The number of piperidine rings is 1. The third-order valence-corrected chi connectivity index (χ3v) is 4.84. The number of nitrogens with zero attached hydrogens (tertiary/aromatic N) is 2. The molecule has 1 saturated carbocycles. The first kappa shape index (κ1) is 14.5. The molecule has 2 heterocycles. The van der Waals surface area contributed by atoms with Crippen molar-refractivity contribution in [2.24, 2.45) is 11.8 Å². The number of carbonyl (C=O) groups is 1. The molecule has 0 N–H and O–H groups in total. The fourth-order valence-electron chi connectivity index (χ4n) is 3.87. The highest BCUT2D eigenvalue weighted by Gasteiger charge is 2.44. The number of ether oxygens (including phenoxy) is 1. The Bertz CT molecular complexity index is 530. The van der Waals surface area contributed by atoms with Crippen molar-refractivity contribution in [2.75, 3.05) is 20.2 Å². The number of methoxy groups -OCH3 is 1. The van der Waals surface area contributed by atoms with E-state index in [1.54, 1.807) is 25.0 Å². The first-order valence-corrected chi connectivity index (χ1v) is 7.31. The molecule has 3 atom stereocenters. The van der Waals surface area contributed by atoms with Gasteiger partial charge in [-0.1, -0.05) is 0 Å². The van der Waals surface area contributed by atoms with Crippen molar-refractivity contribution in [1.29, 1.82) is 0 Å². The number of fused-ring (bicyclic) bond motifs is 2. The number of halogens is 2. The normalized spacial score (nSPS) is 28.4. The van der Waals surface area contributed by atoms with Gasteiger partial charge in [-0.05, 0) is 31.9 Å². The monoisotopic (exact) mass is 298 g/mol. The third kappa shape index (κ3) is 2.35. The summed E-state index contributed by atoms with van der Waals surface area (Å²) in [6.45, 7) is 0.0963. The molecule has 1 aromatic heterocycles. The lowest BCUT2D eigenvalue weighted by atomic mass is 9.94. The van der Waals surface area contributed by atoms with Gasteiger partial charge in [0.25, 0.3) is 5.91 Å². The third-order valence-electron chi connectivity index (χ3n) is 4.84. The van der Waals surface area contributed by atoms with Crippen LogP contribution in [0, 0.1) is 18.8 Å². The summed E-state index contributed by atoms with van der Waals surface area (Å²) in [6, 6.07) is 3.06. The van der Waals surface area contributed by atoms with Crippen molar-refractivity contribution in [3.8, 4) is 0 Å². The molecule has 1 aliphatic carbocycles. The van der Waals surface area contributed by atoms with Gasteiger partial charge in [0.2, 0.25) is 0 Å². The van der Waals surface area contributed by atoms with Crippen LogP contribution in [0.25, 0.3) is 0 Å². The zero-order valence-corrected chi connectivity index (χ0v) is 12.3. The number of carbonyl (C=O) groups excluding carboxylic acids is 1. The smallest absolute Gasteiger partial charge is 0.319 e. The van der Waals surface area contributed by atoms with E-state index in [-0.39, 0.29) is 17.7 Å². The molecule has 116 valence electrons. The predicted octanol–water partition coefficient (Wildman–Crippen LogP) is 2.69. The van der Waals surface area contributed by atoms with Gasteiger partial charge in [0.1, 0.15) is 5.69 Å². The molecule has 2 bridgehead atoms. The van der Waals surface area contributed by atoms with Gasteiger partial charge in [0.05, 0.1) is 6.10 Å². The van der Waals surface area contributed by atoms with Gasteiger partial charge in [-0.3, -0.25) is 9.36 Å². The maximum atomic E-state index is 13.1. The Kier molecular flexibility index (Phi) is 3.73. The zero-order chi connectivity index (χ0) is 15.1. The van der Waals surface area contributed by atoms with Gasteiger partial charge in [0, 0.05) is 37.7 Å². The van der Waals surface area contributed by atoms with E-state index >= 15 is 0 Å². The van der Waals surface area contributed by atoms with Crippen molar-refractivity contribution >= 4 is 5.91 Å². The molecule has 2 fully saturated rings. The Balaban J connectivity index is 1.81. The van der Waals surface area contributed by atoms with E-state index in [0.29, 0.717) is 30.6 Å². The van der Waals surface area contributed by atoms with Crippen LogP contribution in [-0.2, 0) is 4.74 Å². The summed E-state index contributed by atoms with van der Waals surface area (Å²) in [6.07, 6.45) is 2.29. The van der Waals surface area contributed by atoms with Crippen LogP contribution in [0.3, 0.4) is 0 Å². The second-order valence-electron chi connectivity index (χ2n) is 6.02. The molecule has 2 aliphatic rings. The van der Waals surface area contributed by atoms with Gasteiger partial charge < -0.3 is 9.64 Å². The van der Waals surface area contributed by atoms with E-state index in [0.717, 1.165) is 17.4 Å². The molecule has 1 aromatic rings. The minimum atomic E-state index is -2.69. The maximum Gasteiger partial charge on any atom is 0.319 e. The SMILES string of the molecule is COC1[C@@H]2CC[C@H]1CN(C(=O)c1ccc(C)n1C(F)F)C2. The van der Waals surface area contributed by atoms with Crippen LogP contribution in [0.15, 0.2) is 12.1 Å². The number of aryl methyl sites for hydroxylation is 1. The molecule has 3 rings (SSSR count). The van der Waals surface area contributed by atoms with E-state index in [9.17, 15) is 13.6 Å². The Hall–Kier alpha value is -1.43. The van der Waals surface area contributed by atoms with Crippen molar-refractivity contribution < 1.29 is 18.3 Å². The second kappa shape index (κ2) is 5.40. The average molecular weight is 298 g/mol. The van der Waals surface area contributed by atoms with Crippen molar-refractivity contribution in [1.82, 2.24) is 9.47 Å². The summed E-state index contributed by atoms with van der Waals surface area (Å²) in [4.78, 5) is 14.3. The fraction of sp³-hybridized carbons (Fsp3) is 0.667. The standard InChI is InChI=1S/C15H20F2N2O2/c1-9-3-6-12(19(9)15(16)17)14(20)18-7-10-4-5-11(8-18)13(10)21-2/h3,6,10-11,13,15H,4-5,7-8H2,1-2H3/t10-,11+,13?. The summed E-state index contributed by atoms with van der Waals surface area (Å²) in [5, 5.41) is 0. The van der Waals surface area contributed by atoms with Crippen molar-refractivity contribution in [3.63, 3.8) is 0 Å². The van der Waals surface area contributed by atoms with E-state index in [1.807, 2.05) is 0 Å². The van der Waals surface area contributed by atoms with Crippen LogP contribution in [0.5, 0.6) is 0 Å². The van der Waals surface area contributed by atoms with E-state index in [4.69, 9.17) is 4.74 Å². The van der Waals surface area contributed by atoms with E-state index in [2.05, 4.69) is 0 Å². The molecule has 1 unspecified atom stereocenters. The first-order chi connectivity index (χ1) is 10.0. The van der Waals surface area contributed by atoms with Crippen LogP contribution in [0.2, 0.25) is 0 Å². The Labute approximate surface area is 122 Å². The fourth-order valence-corrected chi connectivity index (χ4v) is 3.87. The molecule has 0 radical (unpaired) electrons. The zero-order valence-electron chi connectivity index (χ0n) is 12.3. The molecular weight excluding hydrogens is 278 g/mol. The van der Waals surface area contributed by atoms with Crippen LogP contribution >= 0.6 is 0 Å². The Morgan fingerprint density at radius 3 is 2.43 bits per heavy atom. The number of hydrogen-bond acceptors (Lipinski definition) is 2. The van der Waals surface area contributed by atoms with E-state index in [1.165, 1.54) is 6.07 Å². The highest BCUT2D eigenvalue weighted by molar-refractivity contribution is 5.93. The molecule has 6 heteroatoms. The topological polar surface area (TPSA) is 34.5 Å². The molecule has 1 saturated heterocycles. The minimum Gasteiger partial charge on any atom is -0.381 e. The largest absolute Gasteiger partial charge is 0.381 e. The molecule has 21 heavy (non-hydrogen) atoms. The molecule has 0 aromatic carbocycles. The highest BCUT2D eigenvalue weighted by Crippen LogP contribution is 2.39. The van der Waals surface area contributed by atoms with Crippen molar-refractivity contribution in [2.45, 2.75) is 32.4 Å². The summed E-state index contributed by atoms with van der Waals surface area (Å²) in [5.41, 5.74) is 0.487. The maximum absolute atomic E-state index is 13.1. The number of rotatable bonds is 3. The van der Waals surface area contributed by atoms with Crippen LogP contribution in [0.1, 0.15) is 35.6 Å². The van der Waals surface area contributed by atoms with Gasteiger partial charge in [-0.2, -0.15) is 8.78 Å².